The van der Waals surface area contributed by atoms with E-state index in [1.165, 1.54) is 29.8 Å². The molecule has 0 aliphatic rings. The van der Waals surface area contributed by atoms with Crippen molar-refractivity contribution in [2.75, 3.05) is 19.0 Å². The number of thiazole rings is 2. The van der Waals surface area contributed by atoms with Gasteiger partial charge in [0, 0.05) is 22.7 Å². The highest BCUT2D eigenvalue weighted by Gasteiger charge is 2.11. The van der Waals surface area contributed by atoms with Crippen LogP contribution < -0.4 is 14.8 Å². The molecule has 0 aliphatic carbocycles. The number of ether oxygens (including phenoxy) is 2. The van der Waals surface area contributed by atoms with E-state index in [0.717, 1.165) is 11.3 Å². The molecule has 0 bridgehead atoms. The molecule has 142 valence electrons. The molecule has 0 spiro atoms. The van der Waals surface area contributed by atoms with Crippen molar-refractivity contribution in [2.45, 2.75) is 6.92 Å². The number of amides is 1. The van der Waals surface area contributed by atoms with Crippen LogP contribution in [0.25, 0.3) is 11.6 Å². The Morgan fingerprint density at radius 1 is 1.36 bits per heavy atom. The molecule has 9 heteroatoms. The van der Waals surface area contributed by atoms with Crippen LogP contribution in [0.1, 0.15) is 16.3 Å². The average molecular weight is 412 g/mol. The van der Waals surface area contributed by atoms with Crippen molar-refractivity contribution in [3.63, 3.8) is 0 Å². The zero-order valence-electron chi connectivity index (χ0n) is 15.1. The molecule has 2 heterocycles. The molecule has 28 heavy (non-hydrogen) atoms. The highest BCUT2D eigenvalue weighted by Crippen LogP contribution is 2.30. The molecule has 3 aromatic rings. The van der Waals surface area contributed by atoms with Crippen molar-refractivity contribution in [1.29, 1.82) is 5.26 Å². The second-order valence-electron chi connectivity index (χ2n) is 5.55. The first-order chi connectivity index (χ1) is 13.6. The number of carbonyl (C=O) groups is 1. The molecule has 3 rings (SSSR count). The van der Waals surface area contributed by atoms with Crippen LogP contribution >= 0.6 is 22.7 Å². The summed E-state index contributed by atoms with van der Waals surface area (Å²) in [4.78, 5) is 20.3. The van der Waals surface area contributed by atoms with Gasteiger partial charge in [0.25, 0.3) is 5.91 Å². The molecular weight excluding hydrogens is 396 g/mol. The summed E-state index contributed by atoms with van der Waals surface area (Å²) in [5.41, 5.74) is 2.11. The average Bonchev–Trinajstić information content (AvgIpc) is 3.36. The van der Waals surface area contributed by atoms with E-state index >= 15 is 0 Å². The number of benzene rings is 1. The number of aromatic nitrogens is 2. The lowest BCUT2D eigenvalue weighted by atomic mass is 10.1. The fourth-order valence-corrected chi connectivity index (χ4v) is 3.57. The van der Waals surface area contributed by atoms with Gasteiger partial charge in [-0.05, 0) is 30.7 Å². The van der Waals surface area contributed by atoms with Crippen molar-refractivity contribution >= 4 is 45.4 Å². The maximum Gasteiger partial charge on any atom is 0.264 e. The monoisotopic (exact) mass is 412 g/mol. The van der Waals surface area contributed by atoms with Crippen LogP contribution in [-0.4, -0.2) is 29.6 Å². The molecule has 0 saturated heterocycles. The molecule has 0 atom stereocenters. The van der Waals surface area contributed by atoms with Crippen LogP contribution in [0.5, 0.6) is 11.5 Å². The van der Waals surface area contributed by atoms with E-state index < -0.39 is 0 Å². The number of hydrogen-bond acceptors (Lipinski definition) is 8. The minimum absolute atomic E-state index is 0.174. The standard InChI is InChI=1S/C19H16N4O3S2/c1-12-11-28-18(22-12)14(9-20)7-13-3-4-15(16(8-13)25-2)26-10-17(24)23-19-21-5-6-27-19/h3-8,11H,10H2,1-2H3,(H,21,23,24)/b14-7+. The third-order valence-electron chi connectivity index (χ3n) is 3.51. The topological polar surface area (TPSA) is 97.1 Å². The van der Waals surface area contributed by atoms with Crippen LogP contribution in [0.4, 0.5) is 5.13 Å². The molecule has 1 N–H and O–H groups in total. The summed E-state index contributed by atoms with van der Waals surface area (Å²) in [6.07, 6.45) is 3.35. The fraction of sp³-hybridized carbons (Fsp3) is 0.158. The van der Waals surface area contributed by atoms with Gasteiger partial charge in [-0.2, -0.15) is 5.26 Å². The first kappa shape index (κ1) is 19.5. The van der Waals surface area contributed by atoms with Crippen LogP contribution in [0.2, 0.25) is 0 Å². The van der Waals surface area contributed by atoms with Crippen molar-refractivity contribution in [2.24, 2.45) is 0 Å². The molecule has 7 nitrogen and oxygen atoms in total. The number of nitrogens with zero attached hydrogens (tertiary/aromatic N) is 3. The number of aryl methyl sites for hydroxylation is 1. The van der Waals surface area contributed by atoms with E-state index in [1.807, 2.05) is 12.3 Å². The highest BCUT2D eigenvalue weighted by atomic mass is 32.1. The number of carbonyl (C=O) groups excluding carboxylic acids is 1. The molecule has 1 amide bonds. The number of nitrogens with one attached hydrogen (secondary N) is 1. The number of anilines is 1. The first-order valence-electron chi connectivity index (χ1n) is 8.13. The van der Waals surface area contributed by atoms with E-state index in [-0.39, 0.29) is 12.5 Å². The smallest absolute Gasteiger partial charge is 0.264 e. The van der Waals surface area contributed by atoms with Gasteiger partial charge in [-0.25, -0.2) is 9.97 Å². The summed E-state index contributed by atoms with van der Waals surface area (Å²) in [5, 5.41) is 16.9. The number of rotatable bonds is 7. The van der Waals surface area contributed by atoms with Crippen LogP contribution in [-0.2, 0) is 4.79 Å². The third kappa shape index (κ3) is 4.94. The lowest BCUT2D eigenvalue weighted by Gasteiger charge is -2.11. The molecule has 0 unspecified atom stereocenters. The number of nitriles is 1. The van der Waals surface area contributed by atoms with Crippen molar-refractivity contribution < 1.29 is 14.3 Å². The first-order valence-corrected chi connectivity index (χ1v) is 9.89. The van der Waals surface area contributed by atoms with Gasteiger partial charge in [0.15, 0.2) is 23.2 Å². The van der Waals surface area contributed by atoms with Crippen molar-refractivity contribution in [1.82, 2.24) is 9.97 Å². The molecule has 0 saturated carbocycles. The largest absolute Gasteiger partial charge is 0.493 e. The van der Waals surface area contributed by atoms with Crippen LogP contribution in [0, 0.1) is 18.3 Å². The predicted molar refractivity (Wildman–Crippen MR) is 110 cm³/mol. The zero-order chi connectivity index (χ0) is 19.9. The molecule has 0 fully saturated rings. The summed E-state index contributed by atoms with van der Waals surface area (Å²) in [7, 11) is 1.51. The van der Waals surface area contributed by atoms with Gasteiger partial charge in [0.1, 0.15) is 11.1 Å². The molecule has 1 aromatic carbocycles. The maximum atomic E-state index is 11.9. The predicted octanol–water partition coefficient (Wildman–Crippen LogP) is 4.00. The van der Waals surface area contributed by atoms with Gasteiger partial charge in [-0.3, -0.25) is 10.1 Å². The molecule has 0 radical (unpaired) electrons. The minimum atomic E-state index is -0.313. The van der Waals surface area contributed by atoms with E-state index in [4.69, 9.17) is 9.47 Å². The minimum Gasteiger partial charge on any atom is -0.493 e. The Morgan fingerprint density at radius 3 is 2.86 bits per heavy atom. The molecule has 0 aliphatic heterocycles. The lowest BCUT2D eigenvalue weighted by Crippen LogP contribution is -2.20. The third-order valence-corrected chi connectivity index (χ3v) is 5.19. The number of hydrogen-bond donors (Lipinski definition) is 1. The molecule has 2 aromatic heterocycles. The summed E-state index contributed by atoms with van der Waals surface area (Å²) < 4.78 is 10.9. The van der Waals surface area contributed by atoms with Gasteiger partial charge >= 0.3 is 0 Å². The van der Waals surface area contributed by atoms with Crippen molar-refractivity contribution in [3.8, 4) is 17.6 Å². The second-order valence-corrected chi connectivity index (χ2v) is 7.30. The van der Waals surface area contributed by atoms with Crippen molar-refractivity contribution in [3.05, 3.63) is 51.4 Å². The summed E-state index contributed by atoms with van der Waals surface area (Å²) >= 11 is 2.75. The fourth-order valence-electron chi connectivity index (χ4n) is 2.26. The van der Waals surface area contributed by atoms with Crippen LogP contribution in [0.3, 0.4) is 0 Å². The van der Waals surface area contributed by atoms with Crippen LogP contribution in [0.15, 0.2) is 35.2 Å². The van der Waals surface area contributed by atoms with Gasteiger partial charge in [0.05, 0.1) is 12.7 Å². The second kappa shape index (κ2) is 9.12. The van der Waals surface area contributed by atoms with Gasteiger partial charge in [-0.1, -0.05) is 6.07 Å². The normalized spacial score (nSPS) is 11.0. The van der Waals surface area contributed by atoms with E-state index in [9.17, 15) is 10.1 Å². The Kier molecular flexibility index (Phi) is 6.37. The number of allylic oxidation sites excluding steroid dienone is 1. The Hall–Kier alpha value is -3.22. The van der Waals surface area contributed by atoms with Gasteiger partial charge in [0.2, 0.25) is 0 Å². The van der Waals surface area contributed by atoms with E-state index in [1.54, 1.807) is 35.9 Å². The summed E-state index contributed by atoms with van der Waals surface area (Å²) in [6.45, 7) is 1.71. The quantitative estimate of drug-likeness (QED) is 0.589. The Labute approximate surface area is 169 Å². The summed E-state index contributed by atoms with van der Waals surface area (Å²) in [5.74, 6) is 0.577. The Balaban J connectivity index is 1.72. The maximum absolute atomic E-state index is 11.9. The highest BCUT2D eigenvalue weighted by molar-refractivity contribution is 7.13. The number of methoxy groups -OCH3 is 1. The SMILES string of the molecule is COc1cc(/C=C(\C#N)c2nc(C)cs2)ccc1OCC(=O)Nc1nccs1. The zero-order valence-corrected chi connectivity index (χ0v) is 16.8. The van der Waals surface area contributed by atoms with E-state index in [2.05, 4.69) is 21.4 Å². The molecular formula is C19H16N4O3S2. The lowest BCUT2D eigenvalue weighted by molar-refractivity contribution is -0.118. The van der Waals surface area contributed by atoms with Gasteiger partial charge < -0.3 is 9.47 Å². The van der Waals surface area contributed by atoms with Gasteiger partial charge in [-0.15, -0.1) is 22.7 Å². The van der Waals surface area contributed by atoms with E-state index in [0.29, 0.717) is 27.2 Å². The Bertz CT molecular complexity index is 1040. The Morgan fingerprint density at radius 2 is 2.21 bits per heavy atom. The summed E-state index contributed by atoms with van der Waals surface area (Å²) in [6, 6.07) is 7.40.